The maximum Gasteiger partial charge on any atom is 0.251 e. The number of ether oxygens (including phenoxy) is 1. The summed E-state index contributed by atoms with van der Waals surface area (Å²) < 4.78 is 7.51. The first-order valence-corrected chi connectivity index (χ1v) is 9.67. The van der Waals surface area contributed by atoms with E-state index in [0.717, 1.165) is 42.1 Å². The van der Waals surface area contributed by atoms with E-state index >= 15 is 0 Å². The Morgan fingerprint density at radius 1 is 1.21 bits per heavy atom. The first-order chi connectivity index (χ1) is 13.7. The quantitative estimate of drug-likeness (QED) is 0.738. The first-order valence-electron chi connectivity index (χ1n) is 9.67. The van der Waals surface area contributed by atoms with Crippen LogP contribution in [0.3, 0.4) is 0 Å². The zero-order chi connectivity index (χ0) is 19.5. The lowest BCUT2D eigenvalue weighted by Crippen LogP contribution is -2.37. The van der Waals surface area contributed by atoms with E-state index < -0.39 is 0 Å². The van der Waals surface area contributed by atoms with E-state index in [1.54, 1.807) is 12.4 Å². The normalized spacial score (nSPS) is 15.6. The van der Waals surface area contributed by atoms with E-state index in [1.165, 1.54) is 0 Å². The highest BCUT2D eigenvalue weighted by atomic mass is 16.5. The summed E-state index contributed by atoms with van der Waals surface area (Å²) >= 11 is 0. The van der Waals surface area contributed by atoms with Gasteiger partial charge in [0.05, 0.1) is 30.3 Å². The van der Waals surface area contributed by atoms with Crippen LogP contribution in [-0.2, 0) is 11.8 Å². The van der Waals surface area contributed by atoms with Crippen molar-refractivity contribution in [1.82, 2.24) is 19.9 Å². The van der Waals surface area contributed by atoms with E-state index in [1.807, 2.05) is 37.4 Å². The van der Waals surface area contributed by atoms with E-state index in [9.17, 15) is 4.79 Å². The predicted molar refractivity (Wildman–Crippen MR) is 108 cm³/mol. The molecule has 0 aliphatic carbocycles. The van der Waals surface area contributed by atoms with Gasteiger partial charge in [-0.2, -0.15) is 0 Å². The Morgan fingerprint density at radius 2 is 1.96 bits per heavy atom. The largest absolute Gasteiger partial charge is 0.378 e. The average molecular weight is 379 g/mol. The van der Waals surface area contributed by atoms with Gasteiger partial charge in [-0.05, 0) is 42.3 Å². The minimum Gasteiger partial charge on any atom is -0.378 e. The zero-order valence-electron chi connectivity index (χ0n) is 16.3. The molecule has 0 saturated carbocycles. The highest BCUT2D eigenvalue weighted by Crippen LogP contribution is 2.24. The molecule has 0 bridgehead atoms. The summed E-state index contributed by atoms with van der Waals surface area (Å²) in [5.74, 6) is 0.822. The molecule has 7 nitrogen and oxygen atoms in total. The van der Waals surface area contributed by atoms with Crippen LogP contribution in [0.25, 0.3) is 11.0 Å². The van der Waals surface area contributed by atoms with Crippen molar-refractivity contribution >= 4 is 22.9 Å². The van der Waals surface area contributed by atoms with Gasteiger partial charge >= 0.3 is 0 Å². The Bertz CT molecular complexity index is 964. The van der Waals surface area contributed by atoms with Crippen LogP contribution in [0.15, 0.2) is 42.7 Å². The number of rotatable bonds is 5. The van der Waals surface area contributed by atoms with Crippen LogP contribution >= 0.6 is 0 Å². The molecule has 0 radical (unpaired) electrons. The van der Waals surface area contributed by atoms with Crippen molar-refractivity contribution in [3.8, 4) is 0 Å². The van der Waals surface area contributed by atoms with Gasteiger partial charge in [0.15, 0.2) is 0 Å². The third kappa shape index (κ3) is 3.57. The zero-order valence-corrected chi connectivity index (χ0v) is 16.3. The van der Waals surface area contributed by atoms with Crippen LogP contribution in [0, 0.1) is 0 Å². The highest BCUT2D eigenvalue weighted by Gasteiger charge is 2.19. The molecule has 146 valence electrons. The molecule has 1 aromatic carbocycles. The van der Waals surface area contributed by atoms with Crippen molar-refractivity contribution in [1.29, 1.82) is 0 Å². The second kappa shape index (κ2) is 7.98. The van der Waals surface area contributed by atoms with Crippen molar-refractivity contribution in [2.75, 3.05) is 31.2 Å². The summed E-state index contributed by atoms with van der Waals surface area (Å²) in [5.41, 5.74) is 3.51. The number of nitrogens with one attached hydrogen (secondary N) is 1. The number of aryl methyl sites for hydroxylation is 1. The first kappa shape index (κ1) is 18.4. The number of carbonyl (C=O) groups is 1. The monoisotopic (exact) mass is 379 g/mol. The van der Waals surface area contributed by atoms with Crippen LogP contribution in [0.5, 0.6) is 0 Å². The number of aromatic nitrogens is 3. The summed E-state index contributed by atoms with van der Waals surface area (Å²) in [4.78, 5) is 23.9. The van der Waals surface area contributed by atoms with Crippen molar-refractivity contribution in [3.63, 3.8) is 0 Å². The standard InChI is InChI=1S/C21H25N5O2/c1-3-17(15-6-8-22-9-7-15)23-20(27)16-4-5-19-18(14-16)24-21(25(19)2)26-10-12-28-13-11-26/h4-9,14,17H,3,10-13H2,1-2H3,(H,23,27). The molecule has 4 rings (SSSR count). The lowest BCUT2D eigenvalue weighted by molar-refractivity contribution is 0.0935. The number of hydrogen-bond acceptors (Lipinski definition) is 5. The molecule has 1 N–H and O–H groups in total. The van der Waals surface area contributed by atoms with Gasteiger partial charge in [0.2, 0.25) is 5.95 Å². The fourth-order valence-electron chi connectivity index (χ4n) is 3.63. The van der Waals surface area contributed by atoms with Crippen LogP contribution in [0.2, 0.25) is 0 Å². The molecule has 1 aliphatic heterocycles. The fourth-order valence-corrected chi connectivity index (χ4v) is 3.63. The number of imidazole rings is 1. The number of nitrogens with zero attached hydrogens (tertiary/aromatic N) is 4. The van der Waals surface area contributed by atoms with E-state index in [4.69, 9.17) is 9.72 Å². The molecule has 2 aromatic heterocycles. The Kier molecular flexibility index (Phi) is 5.25. The molecular weight excluding hydrogens is 354 g/mol. The molecule has 1 fully saturated rings. The molecule has 3 aromatic rings. The summed E-state index contributed by atoms with van der Waals surface area (Å²) in [5, 5.41) is 3.12. The van der Waals surface area contributed by atoms with Gasteiger partial charge in [0.25, 0.3) is 5.91 Å². The van der Waals surface area contributed by atoms with Gasteiger partial charge in [-0.25, -0.2) is 4.98 Å². The topological polar surface area (TPSA) is 72.3 Å². The minimum absolute atomic E-state index is 0.0427. The third-order valence-corrected chi connectivity index (χ3v) is 5.24. The third-order valence-electron chi connectivity index (χ3n) is 5.24. The van der Waals surface area contributed by atoms with Crippen molar-refractivity contribution in [3.05, 3.63) is 53.9 Å². The molecule has 1 aliphatic rings. The highest BCUT2D eigenvalue weighted by molar-refractivity contribution is 5.98. The molecule has 1 atom stereocenters. The van der Waals surface area contributed by atoms with E-state index in [0.29, 0.717) is 18.8 Å². The molecule has 0 spiro atoms. The maximum atomic E-state index is 12.8. The number of morpholine rings is 1. The number of benzene rings is 1. The molecule has 7 heteroatoms. The number of carbonyl (C=O) groups excluding carboxylic acids is 1. The predicted octanol–water partition coefficient (Wildman–Crippen LogP) is 2.69. The van der Waals surface area contributed by atoms with Crippen LogP contribution in [-0.4, -0.2) is 46.7 Å². The molecule has 1 amide bonds. The lowest BCUT2D eigenvalue weighted by Gasteiger charge is -2.27. The van der Waals surface area contributed by atoms with Crippen LogP contribution in [0.4, 0.5) is 5.95 Å². The van der Waals surface area contributed by atoms with Crippen molar-refractivity contribution in [2.45, 2.75) is 19.4 Å². The molecule has 1 unspecified atom stereocenters. The molecule has 3 heterocycles. The summed E-state index contributed by atoms with van der Waals surface area (Å²) in [6.45, 7) is 5.14. The fraction of sp³-hybridized carbons (Fsp3) is 0.381. The molecular formula is C21H25N5O2. The number of anilines is 1. The Labute approximate surface area is 164 Å². The van der Waals surface area contributed by atoms with Crippen molar-refractivity contribution < 1.29 is 9.53 Å². The lowest BCUT2D eigenvalue weighted by atomic mass is 10.1. The van der Waals surface area contributed by atoms with Gasteiger partial charge < -0.3 is 19.5 Å². The number of pyridine rings is 1. The molecule has 28 heavy (non-hydrogen) atoms. The summed E-state index contributed by atoms with van der Waals surface area (Å²) in [6.07, 6.45) is 4.30. The Hall–Kier alpha value is -2.93. The number of hydrogen-bond donors (Lipinski definition) is 1. The minimum atomic E-state index is -0.0934. The Balaban J connectivity index is 1.57. The molecule has 1 saturated heterocycles. The average Bonchev–Trinajstić information content (AvgIpc) is 3.09. The number of amides is 1. The van der Waals surface area contributed by atoms with Gasteiger partial charge in [-0.15, -0.1) is 0 Å². The SMILES string of the molecule is CCC(NC(=O)c1ccc2c(c1)nc(N1CCOCC1)n2C)c1ccncc1. The Morgan fingerprint density at radius 3 is 2.68 bits per heavy atom. The van der Waals surface area contributed by atoms with E-state index in [2.05, 4.69) is 26.7 Å². The van der Waals surface area contributed by atoms with Gasteiger partial charge in [0.1, 0.15) is 0 Å². The van der Waals surface area contributed by atoms with Crippen LogP contribution in [0.1, 0.15) is 35.3 Å². The number of fused-ring (bicyclic) bond motifs is 1. The van der Waals surface area contributed by atoms with Gasteiger partial charge in [0, 0.05) is 38.1 Å². The van der Waals surface area contributed by atoms with Gasteiger partial charge in [-0.1, -0.05) is 6.92 Å². The van der Waals surface area contributed by atoms with Gasteiger partial charge in [-0.3, -0.25) is 9.78 Å². The second-order valence-corrected chi connectivity index (χ2v) is 6.99. The summed E-state index contributed by atoms with van der Waals surface area (Å²) in [7, 11) is 2.01. The smallest absolute Gasteiger partial charge is 0.251 e. The second-order valence-electron chi connectivity index (χ2n) is 6.99. The summed E-state index contributed by atoms with van der Waals surface area (Å²) in [6, 6.07) is 9.53. The van der Waals surface area contributed by atoms with E-state index in [-0.39, 0.29) is 11.9 Å². The van der Waals surface area contributed by atoms with Crippen molar-refractivity contribution in [2.24, 2.45) is 7.05 Å². The maximum absolute atomic E-state index is 12.8. The van der Waals surface area contributed by atoms with Crippen LogP contribution < -0.4 is 10.2 Å².